The normalized spacial score (nSPS) is 17.4. The second-order valence-corrected chi connectivity index (χ2v) is 12.4. The van der Waals surface area contributed by atoms with Gasteiger partial charge in [0.05, 0.1) is 27.6 Å². The molecule has 0 aliphatic carbocycles. The van der Waals surface area contributed by atoms with Crippen LogP contribution in [0.3, 0.4) is 0 Å². The Kier molecular flexibility index (Phi) is 10.1. The number of hydrogen-bond acceptors (Lipinski definition) is 6. The molecule has 1 aromatic carbocycles. The average molecular weight is 613 g/mol. The van der Waals surface area contributed by atoms with Crippen LogP contribution in [-0.4, -0.2) is 51.3 Å². The molecule has 2 N–H and O–H groups in total. The number of Topliss-reactive ketones (excluding diaryl/α,β-unsaturated/α-hetero) is 1. The molecule has 5 rings (SSSR count). The molecule has 0 saturated carbocycles. The zero-order valence-corrected chi connectivity index (χ0v) is 26.6. The summed E-state index contributed by atoms with van der Waals surface area (Å²) in [7, 11) is 1.87. The smallest absolute Gasteiger partial charge is 0.249 e. The van der Waals surface area contributed by atoms with Gasteiger partial charge in [0.2, 0.25) is 17.6 Å². The molecule has 0 radical (unpaired) electrons. The minimum atomic E-state index is -0.114. The Morgan fingerprint density at radius 2 is 2.09 bits per heavy atom. The van der Waals surface area contributed by atoms with Crippen molar-refractivity contribution in [3.8, 4) is 0 Å². The summed E-state index contributed by atoms with van der Waals surface area (Å²) in [6.45, 7) is 9.20. The number of carbonyl (C=O) groups is 2. The summed E-state index contributed by atoms with van der Waals surface area (Å²) in [5.74, 6) is 1.31. The van der Waals surface area contributed by atoms with Crippen molar-refractivity contribution in [2.45, 2.75) is 65.2 Å². The molecule has 0 bridgehead atoms. The third-order valence-electron chi connectivity index (χ3n) is 8.34. The predicted molar refractivity (Wildman–Crippen MR) is 180 cm³/mol. The van der Waals surface area contributed by atoms with Crippen molar-refractivity contribution in [1.82, 2.24) is 19.9 Å². The maximum Gasteiger partial charge on any atom is 0.249 e. The fourth-order valence-electron chi connectivity index (χ4n) is 5.89. The second-order valence-electron chi connectivity index (χ2n) is 12.0. The molecule has 9 heteroatoms. The zero-order valence-electron chi connectivity index (χ0n) is 25.8. The third-order valence-corrected chi connectivity index (χ3v) is 8.64. The summed E-state index contributed by atoms with van der Waals surface area (Å²) in [5.41, 5.74) is 4.95. The van der Waals surface area contributed by atoms with Gasteiger partial charge in [-0.05, 0) is 80.2 Å². The number of rotatable bonds is 13. The first-order valence-corrected chi connectivity index (χ1v) is 15.9. The van der Waals surface area contributed by atoms with Crippen LogP contribution in [-0.2, 0) is 4.79 Å². The number of nitrogens with zero attached hydrogens (tertiary/aromatic N) is 4. The van der Waals surface area contributed by atoms with Gasteiger partial charge in [0, 0.05) is 42.7 Å². The fraction of sp³-hybridized carbons (Fsp3) is 0.400. The van der Waals surface area contributed by atoms with E-state index >= 15 is 0 Å². The van der Waals surface area contributed by atoms with Gasteiger partial charge in [-0.25, -0.2) is 9.97 Å². The minimum absolute atomic E-state index is 0.114. The molecule has 1 amide bonds. The quantitative estimate of drug-likeness (QED) is 0.149. The molecule has 3 aromatic rings. The van der Waals surface area contributed by atoms with Gasteiger partial charge in [0.25, 0.3) is 0 Å². The van der Waals surface area contributed by atoms with Gasteiger partial charge in [-0.2, -0.15) is 0 Å². The number of carbonyl (C=O) groups excluding carboxylic acids is 2. The summed E-state index contributed by atoms with van der Waals surface area (Å²) < 4.78 is 0. The predicted octanol–water partition coefficient (Wildman–Crippen LogP) is 8.31. The van der Waals surface area contributed by atoms with Crippen LogP contribution in [0.4, 0.5) is 11.6 Å². The number of H-pyrrole nitrogens is 1. The molecule has 0 saturated heterocycles. The number of ketones is 1. The zero-order chi connectivity index (χ0) is 31.2. The molecular weight excluding hydrogens is 572 g/mol. The molecule has 2 atom stereocenters. The first kappa shape index (κ1) is 31.4. The lowest BCUT2D eigenvalue weighted by atomic mass is 9.88. The highest BCUT2D eigenvalue weighted by Gasteiger charge is 2.22. The molecule has 4 heterocycles. The number of aliphatic imine (C=N–C) groups is 1. The first-order chi connectivity index (χ1) is 21.2. The van der Waals surface area contributed by atoms with Gasteiger partial charge in [0.15, 0.2) is 0 Å². The number of nitrogens with one attached hydrogen (secondary N) is 2. The van der Waals surface area contributed by atoms with Crippen molar-refractivity contribution in [2.24, 2.45) is 16.8 Å². The molecule has 0 spiro atoms. The van der Waals surface area contributed by atoms with E-state index in [1.165, 1.54) is 0 Å². The van der Waals surface area contributed by atoms with E-state index in [4.69, 9.17) is 11.6 Å². The van der Waals surface area contributed by atoms with Crippen molar-refractivity contribution in [3.05, 3.63) is 76.7 Å². The van der Waals surface area contributed by atoms with Crippen LogP contribution >= 0.6 is 11.6 Å². The molecular formula is C35H41ClN6O2. The van der Waals surface area contributed by atoms with Crippen molar-refractivity contribution >= 4 is 57.7 Å². The van der Waals surface area contributed by atoms with Crippen molar-refractivity contribution in [1.29, 1.82) is 0 Å². The molecule has 230 valence electrons. The molecule has 2 aliphatic rings. The van der Waals surface area contributed by atoms with E-state index in [-0.39, 0.29) is 11.7 Å². The van der Waals surface area contributed by atoms with Gasteiger partial charge in [-0.1, -0.05) is 57.0 Å². The van der Waals surface area contributed by atoms with Crippen LogP contribution in [0.5, 0.6) is 0 Å². The van der Waals surface area contributed by atoms with Crippen molar-refractivity contribution in [3.63, 3.8) is 0 Å². The van der Waals surface area contributed by atoms with Gasteiger partial charge in [0.1, 0.15) is 0 Å². The monoisotopic (exact) mass is 612 g/mol. The Bertz CT molecular complexity index is 1650. The lowest BCUT2D eigenvalue weighted by molar-refractivity contribution is -0.126. The number of aromatic amines is 1. The topological polar surface area (TPSA) is 103 Å². The Labute approximate surface area is 264 Å². The van der Waals surface area contributed by atoms with Crippen LogP contribution in [0.15, 0.2) is 65.3 Å². The van der Waals surface area contributed by atoms with Crippen molar-refractivity contribution < 1.29 is 9.59 Å². The van der Waals surface area contributed by atoms with Crippen molar-refractivity contribution in [2.75, 3.05) is 18.9 Å². The fourth-order valence-corrected chi connectivity index (χ4v) is 6.16. The van der Waals surface area contributed by atoms with Gasteiger partial charge in [-0.15, -0.1) is 0 Å². The van der Waals surface area contributed by atoms with E-state index in [9.17, 15) is 9.59 Å². The summed E-state index contributed by atoms with van der Waals surface area (Å²) in [4.78, 5) is 44.4. The number of fused-ring (bicyclic) bond motifs is 1. The van der Waals surface area contributed by atoms with Crippen LogP contribution < -0.4 is 5.32 Å². The lowest BCUT2D eigenvalue weighted by Gasteiger charge is -2.25. The molecule has 0 fully saturated rings. The van der Waals surface area contributed by atoms with E-state index < -0.39 is 0 Å². The van der Waals surface area contributed by atoms with Gasteiger partial charge in [-0.3, -0.25) is 14.6 Å². The number of likely N-dealkylation sites (N-methyl/N-ethyl adjacent to an activating group) is 1. The number of aromatic nitrogens is 3. The van der Waals surface area contributed by atoms with E-state index in [2.05, 4.69) is 57.8 Å². The largest absolute Gasteiger partial charge is 0.351 e. The highest BCUT2D eigenvalue weighted by Crippen LogP contribution is 2.31. The number of anilines is 2. The summed E-state index contributed by atoms with van der Waals surface area (Å²) in [6, 6.07) is 7.37. The summed E-state index contributed by atoms with van der Waals surface area (Å²) >= 11 is 6.63. The second kappa shape index (κ2) is 14.2. The molecule has 2 unspecified atom stereocenters. The Morgan fingerprint density at radius 3 is 2.86 bits per heavy atom. The maximum atomic E-state index is 13.3. The Balaban J connectivity index is 1.21. The molecule has 2 aliphatic heterocycles. The Hall–Kier alpha value is -4.04. The number of hydrogen-bond donors (Lipinski definition) is 2. The highest BCUT2D eigenvalue weighted by molar-refractivity contribution is 6.35. The minimum Gasteiger partial charge on any atom is -0.351 e. The van der Waals surface area contributed by atoms with Gasteiger partial charge < -0.3 is 15.2 Å². The van der Waals surface area contributed by atoms with E-state index in [0.717, 1.165) is 73.8 Å². The molecule has 2 aromatic heterocycles. The molecule has 8 nitrogen and oxygen atoms in total. The summed E-state index contributed by atoms with van der Waals surface area (Å²) in [5, 5.41) is 4.53. The lowest BCUT2D eigenvalue weighted by Crippen LogP contribution is -2.32. The highest BCUT2D eigenvalue weighted by atomic mass is 35.5. The maximum absolute atomic E-state index is 13.3. The molecule has 44 heavy (non-hydrogen) atoms. The number of benzene rings is 1. The van der Waals surface area contributed by atoms with E-state index in [1.807, 2.05) is 36.4 Å². The third kappa shape index (κ3) is 7.53. The number of amides is 1. The first-order valence-electron chi connectivity index (χ1n) is 15.6. The van der Waals surface area contributed by atoms with Gasteiger partial charge >= 0.3 is 0 Å². The van der Waals surface area contributed by atoms with Crippen LogP contribution in [0.25, 0.3) is 16.6 Å². The average Bonchev–Trinajstić information content (AvgIpc) is 3.44. The standard InChI is InChI=1S/C35H41ClN6O2/c1-5-8-24(17-25-11-7-16-42(4)34(25)44)10-6-9-23(3)33(43)31-19-26-18-27(20-28(36)32(26)40-31)39-35-37-15-14-30(41-35)29-13-12-22(2)21-38-29/h11,13-15,18-22,24,40H,3,5-10,12,16-17H2,1-2,4H3,(H,37,39,41). The van der Waals surface area contributed by atoms with Crippen LogP contribution in [0.1, 0.15) is 81.4 Å². The van der Waals surface area contributed by atoms with E-state index in [1.54, 1.807) is 12.3 Å². The number of halogens is 1. The SMILES string of the molecule is C=C(CCCC(CCC)CC1=CCCN(C)C1=O)C(=O)c1cc2cc(Nc3nccc(C4=CCC(C)C=N4)n3)cc(Cl)c2[nH]1. The number of allylic oxidation sites excluding steroid dienone is 2. The van der Waals surface area contributed by atoms with Crippen LogP contribution in [0.2, 0.25) is 5.02 Å². The van der Waals surface area contributed by atoms with E-state index in [0.29, 0.717) is 51.7 Å². The summed E-state index contributed by atoms with van der Waals surface area (Å²) in [6.07, 6.45) is 15.0. The Morgan fingerprint density at radius 1 is 1.25 bits per heavy atom. The van der Waals surface area contributed by atoms with Crippen LogP contribution in [0, 0.1) is 11.8 Å².